The molecule has 0 fully saturated rings. The number of thiazole rings is 1. The predicted octanol–water partition coefficient (Wildman–Crippen LogP) is 4.43. The minimum Gasteiger partial charge on any atom is -0.345 e. The Labute approximate surface area is 253 Å². The average Bonchev–Trinajstić information content (AvgIpc) is 3.65. The van der Waals surface area contributed by atoms with E-state index in [9.17, 15) is 31.2 Å². The molecule has 2 N–H and O–H groups in total. The number of rotatable bonds is 12. The van der Waals surface area contributed by atoms with Gasteiger partial charge in [0, 0.05) is 30.2 Å². The predicted molar refractivity (Wildman–Crippen MR) is 156 cm³/mol. The van der Waals surface area contributed by atoms with Crippen LogP contribution in [0.25, 0.3) is 5.69 Å². The third-order valence-electron chi connectivity index (χ3n) is 6.01. The molecule has 2 aromatic heterocycles. The molecule has 2 amide bonds. The zero-order chi connectivity index (χ0) is 31.2. The number of carbonyl (C=O) groups is 2. The summed E-state index contributed by atoms with van der Waals surface area (Å²) in [6.07, 6.45) is -3.08. The molecule has 0 saturated heterocycles. The average molecular weight is 654 g/mol. The highest BCUT2D eigenvalue weighted by atomic mass is 32.2. The van der Waals surface area contributed by atoms with Crippen LogP contribution in [0.1, 0.15) is 35.6 Å². The van der Waals surface area contributed by atoms with Gasteiger partial charge in [0.05, 0.1) is 28.4 Å². The summed E-state index contributed by atoms with van der Waals surface area (Å²) in [4.78, 5) is 29.3. The van der Waals surface area contributed by atoms with Gasteiger partial charge in [-0.1, -0.05) is 31.7 Å². The van der Waals surface area contributed by atoms with Crippen LogP contribution in [0.2, 0.25) is 0 Å². The zero-order valence-corrected chi connectivity index (χ0v) is 25.3. The van der Waals surface area contributed by atoms with Gasteiger partial charge in [-0.2, -0.15) is 17.5 Å². The molecule has 0 aliphatic carbocycles. The number of sulfonamides is 1. The van der Waals surface area contributed by atoms with E-state index in [0.29, 0.717) is 18.2 Å². The molecule has 43 heavy (non-hydrogen) atoms. The standard InChI is InChI=1S/C26H26F3N7O4S3/c1-3-35(4-2)43(39,40)20-10-8-17(9-11-20)23(38)31-15-21-33-34-25(42-16-22(37)32-24-30-12-13-41-24)36(21)19-7-5-6-18(14-19)26(27,28)29/h5-14H,3-4,15-16H2,1-2H3,(H,31,38)(H,30,32,37). The largest absolute Gasteiger partial charge is 0.416 e. The van der Waals surface area contributed by atoms with Crippen LogP contribution in [-0.2, 0) is 27.5 Å². The van der Waals surface area contributed by atoms with Gasteiger partial charge in [-0.25, -0.2) is 13.4 Å². The van der Waals surface area contributed by atoms with Crippen molar-refractivity contribution in [1.29, 1.82) is 0 Å². The molecule has 228 valence electrons. The monoisotopic (exact) mass is 653 g/mol. The summed E-state index contributed by atoms with van der Waals surface area (Å²) in [5.74, 6) is -0.996. The number of hydrogen-bond donors (Lipinski definition) is 2. The molecule has 2 heterocycles. The third-order valence-corrected chi connectivity index (χ3v) is 9.69. The molecular formula is C26H26F3N7O4S3. The second-order valence-electron chi connectivity index (χ2n) is 8.75. The number of hydrogen-bond acceptors (Lipinski definition) is 9. The summed E-state index contributed by atoms with van der Waals surface area (Å²) in [5, 5.41) is 15.6. The van der Waals surface area contributed by atoms with Crippen molar-refractivity contribution in [3.8, 4) is 5.69 Å². The first-order chi connectivity index (χ1) is 20.4. The Bertz CT molecular complexity index is 1670. The fourth-order valence-electron chi connectivity index (χ4n) is 3.91. The maximum atomic E-state index is 13.5. The molecule has 11 nitrogen and oxygen atoms in total. The molecule has 0 unspecified atom stereocenters. The number of nitrogens with zero attached hydrogens (tertiary/aromatic N) is 5. The van der Waals surface area contributed by atoms with E-state index in [1.54, 1.807) is 19.2 Å². The first kappa shape index (κ1) is 32.1. The van der Waals surface area contributed by atoms with Crippen LogP contribution in [0, 0.1) is 0 Å². The maximum absolute atomic E-state index is 13.5. The highest BCUT2D eigenvalue weighted by molar-refractivity contribution is 7.99. The summed E-state index contributed by atoms with van der Waals surface area (Å²) in [6.45, 7) is 3.81. The van der Waals surface area contributed by atoms with Crippen LogP contribution in [0.5, 0.6) is 0 Å². The van der Waals surface area contributed by atoms with Gasteiger partial charge in [0.25, 0.3) is 5.91 Å². The van der Waals surface area contributed by atoms with E-state index in [4.69, 9.17) is 0 Å². The molecule has 0 aliphatic heterocycles. The maximum Gasteiger partial charge on any atom is 0.416 e. The van der Waals surface area contributed by atoms with Gasteiger partial charge in [-0.05, 0) is 42.5 Å². The van der Waals surface area contributed by atoms with Gasteiger partial charge in [0.15, 0.2) is 16.1 Å². The summed E-state index contributed by atoms with van der Waals surface area (Å²) < 4.78 is 68.5. The number of halogens is 3. The van der Waals surface area contributed by atoms with E-state index < -0.39 is 33.6 Å². The molecule has 0 radical (unpaired) electrons. The number of nitrogens with one attached hydrogen (secondary N) is 2. The van der Waals surface area contributed by atoms with Crippen LogP contribution in [0.3, 0.4) is 0 Å². The second-order valence-corrected chi connectivity index (χ2v) is 12.5. The van der Waals surface area contributed by atoms with E-state index in [1.165, 1.54) is 62.8 Å². The molecular weight excluding hydrogens is 628 g/mol. The van der Waals surface area contributed by atoms with E-state index in [-0.39, 0.29) is 39.4 Å². The van der Waals surface area contributed by atoms with Gasteiger partial charge in [0.1, 0.15) is 0 Å². The topological polar surface area (TPSA) is 139 Å². The number of anilines is 1. The summed E-state index contributed by atoms with van der Waals surface area (Å²) in [7, 11) is -3.71. The van der Waals surface area contributed by atoms with Crippen molar-refractivity contribution in [3.63, 3.8) is 0 Å². The Morgan fingerprint density at radius 2 is 1.79 bits per heavy atom. The Kier molecular flexibility index (Phi) is 10.2. The minimum atomic E-state index is -4.61. The van der Waals surface area contributed by atoms with Crippen LogP contribution in [-0.4, -0.2) is 63.1 Å². The van der Waals surface area contributed by atoms with Crippen molar-refractivity contribution in [2.45, 2.75) is 36.6 Å². The minimum absolute atomic E-state index is 0.0394. The Morgan fingerprint density at radius 3 is 2.42 bits per heavy atom. The van der Waals surface area contributed by atoms with Gasteiger partial charge in [-0.3, -0.25) is 14.2 Å². The first-order valence-corrected chi connectivity index (χ1v) is 16.1. The molecule has 2 aromatic carbocycles. The van der Waals surface area contributed by atoms with Gasteiger partial charge in [-0.15, -0.1) is 21.5 Å². The van der Waals surface area contributed by atoms with Gasteiger partial charge in [0.2, 0.25) is 15.9 Å². The fourth-order valence-corrected chi connectivity index (χ4v) is 6.69. The highest BCUT2D eigenvalue weighted by Crippen LogP contribution is 2.32. The van der Waals surface area contributed by atoms with Crippen molar-refractivity contribution in [2.75, 3.05) is 24.2 Å². The Hall–Kier alpha value is -3.80. The highest BCUT2D eigenvalue weighted by Gasteiger charge is 2.31. The smallest absolute Gasteiger partial charge is 0.345 e. The van der Waals surface area contributed by atoms with Crippen molar-refractivity contribution in [2.24, 2.45) is 0 Å². The van der Waals surface area contributed by atoms with Gasteiger partial charge >= 0.3 is 6.18 Å². The lowest BCUT2D eigenvalue weighted by Gasteiger charge is -2.18. The number of carbonyl (C=O) groups excluding carboxylic acids is 2. The molecule has 4 aromatic rings. The lowest BCUT2D eigenvalue weighted by molar-refractivity contribution is -0.137. The fraction of sp³-hybridized carbons (Fsp3) is 0.269. The van der Waals surface area contributed by atoms with E-state index in [0.717, 1.165) is 23.9 Å². The lowest BCUT2D eigenvalue weighted by Crippen LogP contribution is -2.30. The van der Waals surface area contributed by atoms with Crippen molar-refractivity contribution >= 4 is 50.1 Å². The number of amides is 2. The van der Waals surface area contributed by atoms with Crippen LogP contribution in [0.4, 0.5) is 18.3 Å². The van der Waals surface area contributed by atoms with Crippen LogP contribution < -0.4 is 10.6 Å². The summed E-state index contributed by atoms with van der Waals surface area (Å²) >= 11 is 2.17. The van der Waals surface area contributed by atoms with Crippen LogP contribution in [0.15, 0.2) is 70.2 Å². The molecule has 17 heteroatoms. The molecule has 0 aliphatic rings. The van der Waals surface area contributed by atoms with E-state index >= 15 is 0 Å². The van der Waals surface area contributed by atoms with Gasteiger partial charge < -0.3 is 10.6 Å². The molecule has 0 spiro atoms. The summed E-state index contributed by atoms with van der Waals surface area (Å²) in [5.41, 5.74) is -0.652. The van der Waals surface area contributed by atoms with E-state index in [1.807, 2.05) is 0 Å². The number of aromatic nitrogens is 4. The summed E-state index contributed by atoms with van der Waals surface area (Å²) in [6, 6.07) is 9.91. The SMILES string of the molecule is CCN(CC)S(=O)(=O)c1ccc(C(=O)NCc2nnc(SCC(=O)Nc3nccs3)n2-c2cccc(C(F)(F)F)c2)cc1. The molecule has 0 saturated carbocycles. The second kappa shape index (κ2) is 13.7. The van der Waals surface area contributed by atoms with Crippen molar-refractivity contribution in [3.05, 3.63) is 77.1 Å². The molecule has 0 bridgehead atoms. The van der Waals surface area contributed by atoms with Crippen LogP contribution >= 0.6 is 23.1 Å². The lowest BCUT2D eigenvalue weighted by atomic mass is 10.2. The van der Waals surface area contributed by atoms with Crippen molar-refractivity contribution in [1.82, 2.24) is 29.4 Å². The van der Waals surface area contributed by atoms with E-state index in [2.05, 4.69) is 25.8 Å². The number of thioether (sulfide) groups is 1. The quantitative estimate of drug-likeness (QED) is 0.214. The Balaban J connectivity index is 1.54. The zero-order valence-electron chi connectivity index (χ0n) is 22.8. The third kappa shape index (κ3) is 7.78. The molecule has 4 rings (SSSR count). The van der Waals surface area contributed by atoms with Crippen molar-refractivity contribution < 1.29 is 31.2 Å². The number of benzene rings is 2. The normalized spacial score (nSPS) is 12.0. The first-order valence-electron chi connectivity index (χ1n) is 12.8. The Morgan fingerprint density at radius 1 is 1.07 bits per heavy atom. The molecule has 0 atom stereocenters. The number of alkyl halides is 3.